The van der Waals surface area contributed by atoms with Crippen molar-refractivity contribution < 1.29 is 9.84 Å². The van der Waals surface area contributed by atoms with E-state index in [1.807, 2.05) is 6.07 Å². The Morgan fingerprint density at radius 2 is 2.31 bits per heavy atom. The second-order valence-electron chi connectivity index (χ2n) is 3.05. The van der Waals surface area contributed by atoms with Crippen molar-refractivity contribution in [2.24, 2.45) is 0 Å². The third-order valence-electron chi connectivity index (χ3n) is 2.24. The molecule has 0 atom stereocenters. The molecule has 1 N–H and O–H groups in total. The van der Waals surface area contributed by atoms with Gasteiger partial charge in [0.15, 0.2) is 0 Å². The molecule has 70 valence electrons. The van der Waals surface area contributed by atoms with Gasteiger partial charge in [-0.1, -0.05) is 0 Å². The van der Waals surface area contributed by atoms with Gasteiger partial charge in [0.1, 0.15) is 11.5 Å². The number of fused-ring (bicyclic) bond motifs is 1. The molecule has 0 radical (unpaired) electrons. The summed E-state index contributed by atoms with van der Waals surface area (Å²) in [6.07, 6.45) is 2.10. The Labute approximate surface area is 81.9 Å². The number of methoxy groups -OCH3 is 1. The minimum Gasteiger partial charge on any atom is -0.508 e. The van der Waals surface area contributed by atoms with Crippen LogP contribution in [0.1, 0.15) is 12.0 Å². The number of hydrogen-bond donors (Lipinski definition) is 1. The number of rotatable bonds is 1. The van der Waals surface area contributed by atoms with Gasteiger partial charge in [0.25, 0.3) is 0 Å². The lowest BCUT2D eigenvalue weighted by molar-refractivity contribution is 0.398. The van der Waals surface area contributed by atoms with Crippen molar-refractivity contribution >= 4 is 11.8 Å². The van der Waals surface area contributed by atoms with Crippen molar-refractivity contribution in [2.75, 3.05) is 12.9 Å². The van der Waals surface area contributed by atoms with Gasteiger partial charge in [0, 0.05) is 5.56 Å². The fourth-order valence-corrected chi connectivity index (χ4v) is 2.75. The van der Waals surface area contributed by atoms with Crippen LogP contribution in [0.25, 0.3) is 0 Å². The monoisotopic (exact) mass is 196 g/mol. The summed E-state index contributed by atoms with van der Waals surface area (Å²) in [4.78, 5) is 1.12. The molecule has 0 bridgehead atoms. The van der Waals surface area contributed by atoms with E-state index in [1.54, 1.807) is 24.9 Å². The summed E-state index contributed by atoms with van der Waals surface area (Å²) in [7, 11) is 1.67. The van der Waals surface area contributed by atoms with Crippen LogP contribution in [0.15, 0.2) is 17.0 Å². The average Bonchev–Trinajstić information content (AvgIpc) is 2.19. The smallest absolute Gasteiger partial charge is 0.132 e. The van der Waals surface area contributed by atoms with E-state index >= 15 is 0 Å². The van der Waals surface area contributed by atoms with Crippen molar-refractivity contribution in [3.05, 3.63) is 17.7 Å². The van der Waals surface area contributed by atoms with Crippen LogP contribution >= 0.6 is 11.8 Å². The van der Waals surface area contributed by atoms with E-state index in [9.17, 15) is 5.11 Å². The Morgan fingerprint density at radius 1 is 1.46 bits per heavy atom. The molecule has 0 aromatic heterocycles. The second kappa shape index (κ2) is 3.50. The number of benzene rings is 1. The predicted octanol–water partition coefficient (Wildman–Crippen LogP) is 2.44. The normalized spacial score (nSPS) is 15.2. The zero-order valence-corrected chi connectivity index (χ0v) is 8.36. The predicted molar refractivity (Wildman–Crippen MR) is 53.7 cm³/mol. The third-order valence-corrected chi connectivity index (χ3v) is 3.47. The van der Waals surface area contributed by atoms with Crippen LogP contribution < -0.4 is 4.74 Å². The molecule has 1 aromatic rings. The van der Waals surface area contributed by atoms with Crippen molar-refractivity contribution in [3.63, 3.8) is 0 Å². The maximum atomic E-state index is 9.61. The van der Waals surface area contributed by atoms with Crippen LogP contribution in [-0.2, 0) is 6.42 Å². The van der Waals surface area contributed by atoms with Gasteiger partial charge >= 0.3 is 0 Å². The maximum absolute atomic E-state index is 9.61. The quantitative estimate of drug-likeness (QED) is 0.748. The minimum absolute atomic E-state index is 0.406. The van der Waals surface area contributed by atoms with Crippen molar-refractivity contribution in [1.82, 2.24) is 0 Å². The van der Waals surface area contributed by atoms with Crippen LogP contribution in [-0.4, -0.2) is 18.0 Å². The van der Waals surface area contributed by atoms with Crippen LogP contribution in [0.4, 0.5) is 0 Å². The van der Waals surface area contributed by atoms with Gasteiger partial charge in [0.05, 0.1) is 12.0 Å². The van der Waals surface area contributed by atoms with E-state index in [4.69, 9.17) is 4.74 Å². The molecule has 1 heterocycles. The fraction of sp³-hybridized carbons (Fsp3) is 0.400. The highest BCUT2D eigenvalue weighted by Crippen LogP contribution is 2.41. The molecule has 0 amide bonds. The zero-order chi connectivity index (χ0) is 9.26. The van der Waals surface area contributed by atoms with E-state index in [-0.39, 0.29) is 0 Å². The Kier molecular flexibility index (Phi) is 2.36. The van der Waals surface area contributed by atoms with E-state index in [1.165, 1.54) is 0 Å². The first-order valence-corrected chi connectivity index (χ1v) is 5.33. The van der Waals surface area contributed by atoms with Gasteiger partial charge in [-0.15, -0.1) is 11.8 Å². The van der Waals surface area contributed by atoms with Crippen LogP contribution in [0, 0.1) is 0 Å². The summed E-state index contributed by atoms with van der Waals surface area (Å²) in [5.41, 5.74) is 1.05. The van der Waals surface area contributed by atoms with Gasteiger partial charge in [-0.25, -0.2) is 0 Å². The number of phenolic OH excluding ortho intramolecular Hbond substituents is 1. The van der Waals surface area contributed by atoms with Gasteiger partial charge in [-0.3, -0.25) is 0 Å². The standard InChI is InChI=1S/C10H12O2S/c1-12-9-5-4-8(11)7-3-2-6-13-10(7)9/h4-5,11H,2-3,6H2,1H3. The van der Waals surface area contributed by atoms with Crippen molar-refractivity contribution in [2.45, 2.75) is 17.7 Å². The van der Waals surface area contributed by atoms with Crippen LogP contribution in [0.2, 0.25) is 0 Å². The zero-order valence-electron chi connectivity index (χ0n) is 7.54. The van der Waals surface area contributed by atoms with Crippen molar-refractivity contribution in [3.8, 4) is 11.5 Å². The molecule has 1 aliphatic rings. The van der Waals surface area contributed by atoms with E-state index in [0.717, 1.165) is 34.8 Å². The lowest BCUT2D eigenvalue weighted by Gasteiger charge is -2.18. The summed E-state index contributed by atoms with van der Waals surface area (Å²) >= 11 is 1.77. The van der Waals surface area contributed by atoms with E-state index < -0.39 is 0 Å². The number of hydrogen-bond acceptors (Lipinski definition) is 3. The van der Waals surface area contributed by atoms with Crippen LogP contribution in [0.5, 0.6) is 11.5 Å². The van der Waals surface area contributed by atoms with E-state index in [2.05, 4.69) is 0 Å². The topological polar surface area (TPSA) is 29.5 Å². The average molecular weight is 196 g/mol. The third kappa shape index (κ3) is 1.48. The summed E-state index contributed by atoms with van der Waals surface area (Å²) in [6.45, 7) is 0. The Bertz CT molecular complexity index is 323. The first-order chi connectivity index (χ1) is 6.33. The number of ether oxygens (including phenoxy) is 1. The van der Waals surface area contributed by atoms with Gasteiger partial charge < -0.3 is 9.84 Å². The van der Waals surface area contributed by atoms with Crippen molar-refractivity contribution in [1.29, 1.82) is 0 Å². The second-order valence-corrected chi connectivity index (χ2v) is 4.15. The molecule has 0 saturated carbocycles. The van der Waals surface area contributed by atoms with Crippen LogP contribution in [0.3, 0.4) is 0 Å². The number of phenols is 1. The fourth-order valence-electron chi connectivity index (χ4n) is 1.58. The summed E-state index contributed by atoms with van der Waals surface area (Å²) in [5, 5.41) is 9.61. The molecule has 0 spiro atoms. The Balaban J connectivity index is 2.52. The lowest BCUT2D eigenvalue weighted by Crippen LogP contribution is -2.00. The number of aromatic hydroxyl groups is 1. The molecule has 0 fully saturated rings. The first kappa shape index (κ1) is 8.75. The molecular weight excluding hydrogens is 184 g/mol. The highest BCUT2D eigenvalue weighted by Gasteiger charge is 2.17. The Hall–Kier alpha value is -0.830. The molecule has 1 aromatic carbocycles. The molecule has 0 unspecified atom stereocenters. The molecule has 0 aliphatic carbocycles. The molecule has 1 aliphatic heterocycles. The molecule has 2 rings (SSSR count). The summed E-state index contributed by atoms with van der Waals surface area (Å²) in [6, 6.07) is 3.54. The highest BCUT2D eigenvalue weighted by molar-refractivity contribution is 7.99. The van der Waals surface area contributed by atoms with Gasteiger partial charge in [-0.05, 0) is 30.7 Å². The van der Waals surface area contributed by atoms with Gasteiger partial charge in [-0.2, -0.15) is 0 Å². The number of thioether (sulfide) groups is 1. The molecule has 0 saturated heterocycles. The summed E-state index contributed by atoms with van der Waals surface area (Å²) < 4.78 is 5.24. The summed E-state index contributed by atoms with van der Waals surface area (Å²) in [5.74, 6) is 2.41. The van der Waals surface area contributed by atoms with Gasteiger partial charge in [0.2, 0.25) is 0 Å². The highest BCUT2D eigenvalue weighted by atomic mass is 32.2. The van der Waals surface area contributed by atoms with E-state index in [0.29, 0.717) is 5.75 Å². The first-order valence-electron chi connectivity index (χ1n) is 4.34. The molecule has 13 heavy (non-hydrogen) atoms. The lowest BCUT2D eigenvalue weighted by atomic mass is 10.1. The molecule has 3 heteroatoms. The Morgan fingerprint density at radius 3 is 3.08 bits per heavy atom. The molecule has 2 nitrogen and oxygen atoms in total. The minimum atomic E-state index is 0.406. The largest absolute Gasteiger partial charge is 0.508 e. The maximum Gasteiger partial charge on any atom is 0.132 e. The molecular formula is C10H12O2S. The SMILES string of the molecule is COc1ccc(O)c2c1SCCC2.